The zero-order valence-electron chi connectivity index (χ0n) is 6.04. The van der Waals surface area contributed by atoms with Crippen LogP contribution < -0.4 is 0 Å². The molecule has 0 radical (unpaired) electrons. The number of rotatable bonds is 0. The van der Waals surface area contributed by atoms with Gasteiger partial charge in [-0.25, -0.2) is 0 Å². The standard InChI is InChI=1S/CBrClF2.CCl2F2.CClF3/c3*2-1(3,4)5. The van der Waals surface area contributed by atoms with Crippen molar-refractivity contribution in [2.24, 2.45) is 0 Å². The lowest BCUT2D eigenvalue weighted by atomic mass is 11.6. The van der Waals surface area contributed by atoms with Crippen LogP contribution in [0.5, 0.6) is 0 Å². The van der Waals surface area contributed by atoms with Gasteiger partial charge in [-0.1, -0.05) is 0 Å². The monoisotopic (exact) mass is 388 g/mol. The first-order valence-corrected chi connectivity index (χ1v) is 4.57. The van der Waals surface area contributed by atoms with E-state index >= 15 is 0 Å². The maximum Gasteiger partial charge on any atom is 0.475 e. The summed E-state index contributed by atoms with van der Waals surface area (Å²) in [5, 5.41) is 0. The molecule has 0 aromatic carbocycles. The maximum absolute atomic E-state index is 10.7. The first kappa shape index (κ1) is 21.4. The Morgan fingerprint density at radius 1 is 0.667 bits per heavy atom. The van der Waals surface area contributed by atoms with Gasteiger partial charge in [-0.2, -0.15) is 30.7 Å². The maximum atomic E-state index is 10.7. The number of alkyl halides is 12. The molecule has 15 heavy (non-hydrogen) atoms. The first-order valence-electron chi connectivity index (χ1n) is 2.27. The third kappa shape index (κ3) is 1980. The van der Waals surface area contributed by atoms with E-state index in [1.54, 1.807) is 0 Å². The highest BCUT2D eigenvalue weighted by Crippen LogP contribution is 2.25. The van der Waals surface area contributed by atoms with Crippen LogP contribution in [-0.4, -0.2) is 14.8 Å². The molecule has 0 bridgehead atoms. The van der Waals surface area contributed by atoms with Crippen LogP contribution in [0.1, 0.15) is 0 Å². The summed E-state index contributed by atoms with van der Waals surface area (Å²) in [6.07, 6.45) is 0. The third-order valence-corrected chi connectivity index (χ3v) is 0. The van der Waals surface area contributed by atoms with Gasteiger partial charge >= 0.3 is 14.8 Å². The van der Waals surface area contributed by atoms with Crippen molar-refractivity contribution in [1.82, 2.24) is 0 Å². The molecule has 0 heterocycles. The van der Waals surface area contributed by atoms with Gasteiger partial charge in [-0.15, -0.1) is 0 Å². The lowest BCUT2D eigenvalue weighted by molar-refractivity contribution is -0.0420. The fourth-order valence-corrected chi connectivity index (χ4v) is 0. The molecule has 0 aromatic rings. The van der Waals surface area contributed by atoms with E-state index in [0.717, 1.165) is 0 Å². The Kier molecular flexibility index (Phi) is 11.8. The van der Waals surface area contributed by atoms with E-state index in [2.05, 4.69) is 46.4 Å². The first-order chi connectivity index (χ1) is 6.00. The molecule has 0 fully saturated rings. The van der Waals surface area contributed by atoms with E-state index in [9.17, 15) is 30.7 Å². The van der Waals surface area contributed by atoms with Crippen LogP contribution in [0.3, 0.4) is 0 Å². The predicted octanol–water partition coefficient (Wildman–Crippen LogP) is 5.93. The van der Waals surface area contributed by atoms with Crippen molar-refractivity contribution in [3.05, 3.63) is 0 Å². The molecule has 0 saturated heterocycles. The summed E-state index contributed by atoms with van der Waals surface area (Å²) >= 11 is 17.4. The molecule has 12 heteroatoms. The highest BCUT2D eigenvalue weighted by atomic mass is 79.9. The summed E-state index contributed by atoms with van der Waals surface area (Å²) < 4.78 is 69.7. The fourth-order valence-electron chi connectivity index (χ4n) is 0. The summed E-state index contributed by atoms with van der Waals surface area (Å²) in [6, 6.07) is 0. The van der Waals surface area contributed by atoms with Crippen molar-refractivity contribution in [3.63, 3.8) is 0 Å². The Morgan fingerprint density at radius 3 is 0.667 bits per heavy atom. The molecule has 0 aliphatic rings. The number of hydrogen-bond acceptors (Lipinski definition) is 0. The van der Waals surface area contributed by atoms with Gasteiger partial charge in [0.15, 0.2) is 0 Å². The van der Waals surface area contributed by atoms with E-state index in [-0.39, 0.29) is 0 Å². The average molecular weight is 391 g/mol. The van der Waals surface area contributed by atoms with Crippen LogP contribution in [-0.2, 0) is 0 Å². The second-order valence-corrected chi connectivity index (χ2v) is 4.78. The minimum atomic E-state index is -4.53. The van der Waals surface area contributed by atoms with Crippen molar-refractivity contribution >= 4 is 62.3 Å². The van der Waals surface area contributed by atoms with Crippen LogP contribution in [0.25, 0.3) is 0 Å². The van der Waals surface area contributed by atoms with Gasteiger partial charge in [-0.05, 0) is 46.4 Å². The zero-order chi connectivity index (χ0) is 13.5. The second-order valence-electron chi connectivity index (χ2n) is 1.29. The minimum absolute atomic E-state index is 1.81. The van der Waals surface area contributed by atoms with Crippen molar-refractivity contribution < 1.29 is 30.7 Å². The molecule has 0 aliphatic carbocycles. The largest absolute Gasteiger partial charge is 0.475 e. The molecule has 0 atom stereocenters. The van der Waals surface area contributed by atoms with E-state index in [0.29, 0.717) is 0 Å². The molecular weight excluding hydrogens is 391 g/mol. The average Bonchev–Trinajstić information content (AvgIpc) is 1.41. The Labute approximate surface area is 108 Å². The topological polar surface area (TPSA) is 0 Å². The molecule has 0 spiro atoms. The van der Waals surface area contributed by atoms with Gasteiger partial charge in [0.1, 0.15) is 0 Å². The van der Waals surface area contributed by atoms with Crippen molar-refractivity contribution in [1.29, 1.82) is 0 Å². The van der Waals surface area contributed by atoms with Gasteiger partial charge in [0.2, 0.25) is 0 Å². The molecule has 0 aromatic heterocycles. The Bertz CT molecular complexity index is 101. The fraction of sp³-hybridized carbons (Fsp3) is 1.00. The van der Waals surface area contributed by atoms with Crippen LogP contribution >= 0.6 is 62.3 Å². The Balaban J connectivity index is -0.000000144. The molecule has 0 nitrogen and oxygen atoms in total. The summed E-state index contributed by atoms with van der Waals surface area (Å²) in [4.78, 5) is -3.56. The Hall–Kier alpha value is 1.15. The number of hydrogen-bond donors (Lipinski definition) is 0. The SMILES string of the molecule is FC(F)(Cl)Br.FC(F)(Cl)Cl.FC(F)(F)Cl. The quantitative estimate of drug-likeness (QED) is 0.355. The van der Waals surface area contributed by atoms with E-state index in [4.69, 9.17) is 0 Å². The van der Waals surface area contributed by atoms with Gasteiger partial charge in [-0.3, -0.25) is 0 Å². The van der Waals surface area contributed by atoms with Crippen molar-refractivity contribution in [3.8, 4) is 0 Å². The van der Waals surface area contributed by atoms with Gasteiger partial charge in [0.25, 0.3) is 0 Å². The van der Waals surface area contributed by atoms with E-state index in [1.165, 1.54) is 0 Å². The lowest BCUT2D eigenvalue weighted by Gasteiger charge is -1.87. The summed E-state index contributed by atoms with van der Waals surface area (Å²) in [5.41, 5.74) is -4.53. The van der Waals surface area contributed by atoms with Gasteiger partial charge < -0.3 is 0 Å². The zero-order valence-corrected chi connectivity index (χ0v) is 10.6. The molecule has 0 rings (SSSR count). The highest BCUT2D eigenvalue weighted by Gasteiger charge is 2.20. The Morgan fingerprint density at radius 2 is 0.667 bits per heavy atom. The van der Waals surface area contributed by atoms with Crippen LogP contribution in [0, 0.1) is 0 Å². The third-order valence-electron chi connectivity index (χ3n) is 0. The van der Waals surface area contributed by atoms with Crippen LogP contribution in [0.4, 0.5) is 30.7 Å². The molecular formula is C3BrCl4F7. The molecule has 96 valence electrons. The molecule has 0 amide bonds. The molecule has 0 unspecified atom stereocenters. The molecule has 0 N–H and O–H groups in total. The lowest BCUT2D eigenvalue weighted by Crippen LogP contribution is -1.89. The van der Waals surface area contributed by atoms with Crippen molar-refractivity contribution in [2.75, 3.05) is 0 Å². The normalized spacial score (nSPS) is 12.0. The molecule has 0 aliphatic heterocycles. The van der Waals surface area contributed by atoms with Crippen LogP contribution in [0.2, 0.25) is 0 Å². The predicted molar refractivity (Wildman–Crippen MR) is 48.3 cm³/mol. The smallest absolute Gasteiger partial charge is 0.177 e. The van der Waals surface area contributed by atoms with E-state index in [1.807, 2.05) is 15.9 Å². The second kappa shape index (κ2) is 8.27. The summed E-state index contributed by atoms with van der Waals surface area (Å²) in [7, 11) is 0. The van der Waals surface area contributed by atoms with Crippen LogP contribution in [0.15, 0.2) is 0 Å². The highest BCUT2D eigenvalue weighted by molar-refractivity contribution is 9.10. The van der Waals surface area contributed by atoms with Gasteiger partial charge in [0.05, 0.1) is 0 Å². The summed E-state index contributed by atoms with van der Waals surface area (Å²) in [6.45, 7) is 0. The number of halogens is 12. The van der Waals surface area contributed by atoms with Crippen molar-refractivity contribution in [2.45, 2.75) is 14.8 Å². The minimum Gasteiger partial charge on any atom is -0.177 e. The molecule has 0 saturated carbocycles. The van der Waals surface area contributed by atoms with E-state index < -0.39 is 14.8 Å². The summed E-state index contributed by atoms with van der Waals surface area (Å²) in [5.74, 6) is 0. The van der Waals surface area contributed by atoms with Gasteiger partial charge in [0, 0.05) is 15.9 Å².